The van der Waals surface area contributed by atoms with Crippen LogP contribution in [0, 0.1) is 0 Å². The zero-order valence-corrected chi connectivity index (χ0v) is 11.3. The highest BCUT2D eigenvalue weighted by Gasteiger charge is 2.35. The molecular weight excluding hydrogens is 281 g/mol. The van der Waals surface area contributed by atoms with E-state index in [1.807, 2.05) is 0 Å². The van der Waals surface area contributed by atoms with E-state index in [1.54, 1.807) is 4.67 Å². The molecule has 1 fully saturated rings. The van der Waals surface area contributed by atoms with Gasteiger partial charge in [0.25, 0.3) is 0 Å². The molecule has 8 heteroatoms. The summed E-state index contributed by atoms with van der Waals surface area (Å²) in [5.41, 5.74) is 0. The Morgan fingerprint density at radius 2 is 2.00 bits per heavy atom. The van der Waals surface area contributed by atoms with Gasteiger partial charge in [0.05, 0.1) is 12.0 Å². The molecule has 0 aliphatic carbocycles. The van der Waals surface area contributed by atoms with E-state index in [2.05, 4.69) is 5.09 Å². The second kappa shape index (κ2) is 6.65. The smallest absolute Gasteiger partial charge is 0.304 e. The SMILES string of the molecule is O=[P@@]1(N(CCCl)CCCl)NC[C@@H](Cl)CO1. The zero-order chi connectivity index (χ0) is 11.3. The van der Waals surface area contributed by atoms with Crippen LogP contribution < -0.4 is 5.09 Å². The third-order valence-electron chi connectivity index (χ3n) is 2.00. The van der Waals surface area contributed by atoms with Gasteiger partial charge in [-0.3, -0.25) is 4.57 Å². The van der Waals surface area contributed by atoms with Crippen molar-refractivity contribution in [1.82, 2.24) is 9.76 Å². The summed E-state index contributed by atoms with van der Waals surface area (Å²) < 4.78 is 19.2. The topological polar surface area (TPSA) is 41.6 Å². The van der Waals surface area contributed by atoms with Crippen LogP contribution in [-0.2, 0) is 9.09 Å². The third kappa shape index (κ3) is 4.04. The first-order valence-electron chi connectivity index (χ1n) is 4.63. The quantitative estimate of drug-likeness (QED) is 0.623. The van der Waals surface area contributed by atoms with Crippen molar-refractivity contribution >= 4 is 42.5 Å². The van der Waals surface area contributed by atoms with Gasteiger partial charge >= 0.3 is 7.67 Å². The minimum Gasteiger partial charge on any atom is -0.304 e. The minimum atomic E-state index is -2.96. The summed E-state index contributed by atoms with van der Waals surface area (Å²) in [7, 11) is -2.96. The highest BCUT2D eigenvalue weighted by atomic mass is 35.5. The Morgan fingerprint density at radius 3 is 2.40 bits per heavy atom. The lowest BCUT2D eigenvalue weighted by Gasteiger charge is -2.34. The Labute approximate surface area is 105 Å². The van der Waals surface area contributed by atoms with Gasteiger partial charge in [-0.1, -0.05) is 0 Å². The molecule has 0 unspecified atom stereocenters. The van der Waals surface area contributed by atoms with Gasteiger partial charge in [0.15, 0.2) is 0 Å². The van der Waals surface area contributed by atoms with E-state index >= 15 is 0 Å². The lowest BCUT2D eigenvalue weighted by molar-refractivity contribution is 0.235. The van der Waals surface area contributed by atoms with Crippen molar-refractivity contribution in [2.45, 2.75) is 5.38 Å². The first-order valence-corrected chi connectivity index (χ1v) is 7.72. The summed E-state index contributed by atoms with van der Waals surface area (Å²) in [4.78, 5) is 0. The number of hydrogen-bond acceptors (Lipinski definition) is 2. The van der Waals surface area contributed by atoms with Crippen LogP contribution in [0.2, 0.25) is 0 Å². The number of hydrogen-bond donors (Lipinski definition) is 1. The largest absolute Gasteiger partial charge is 0.343 e. The molecule has 0 radical (unpaired) electrons. The molecule has 1 heterocycles. The summed E-state index contributed by atoms with van der Waals surface area (Å²) in [5.74, 6) is 0.770. The maximum Gasteiger partial charge on any atom is 0.343 e. The summed E-state index contributed by atoms with van der Waals surface area (Å²) in [5, 5.41) is 2.69. The van der Waals surface area contributed by atoms with E-state index in [9.17, 15) is 4.57 Å². The second-order valence-corrected chi connectivity index (χ2v) is 6.66. The van der Waals surface area contributed by atoms with Crippen LogP contribution in [0.1, 0.15) is 0 Å². The van der Waals surface area contributed by atoms with Gasteiger partial charge in [0, 0.05) is 31.4 Å². The number of nitrogens with zero attached hydrogens (tertiary/aromatic N) is 1. The van der Waals surface area contributed by atoms with E-state index in [1.165, 1.54) is 0 Å². The van der Waals surface area contributed by atoms with Crippen molar-refractivity contribution in [2.75, 3.05) is 38.0 Å². The van der Waals surface area contributed by atoms with E-state index in [0.717, 1.165) is 0 Å². The lowest BCUT2D eigenvalue weighted by Crippen LogP contribution is -2.40. The lowest BCUT2D eigenvalue weighted by atomic mass is 10.5. The molecular formula is C7H14Cl3N2O2P. The zero-order valence-electron chi connectivity index (χ0n) is 8.16. The molecule has 1 aliphatic rings. The normalized spacial score (nSPS) is 32.1. The number of alkyl halides is 3. The van der Waals surface area contributed by atoms with Gasteiger partial charge < -0.3 is 4.52 Å². The maximum atomic E-state index is 12.3. The van der Waals surface area contributed by atoms with Crippen LogP contribution in [0.15, 0.2) is 0 Å². The first-order chi connectivity index (χ1) is 7.12. The second-order valence-electron chi connectivity index (χ2n) is 3.11. The van der Waals surface area contributed by atoms with Crippen molar-refractivity contribution < 1.29 is 9.09 Å². The molecule has 1 saturated heterocycles. The molecule has 0 aromatic rings. The highest BCUT2D eigenvalue weighted by Crippen LogP contribution is 2.48. The van der Waals surface area contributed by atoms with Crippen LogP contribution in [0.25, 0.3) is 0 Å². The van der Waals surface area contributed by atoms with Gasteiger partial charge in [-0.15, -0.1) is 34.8 Å². The molecule has 15 heavy (non-hydrogen) atoms. The fourth-order valence-corrected chi connectivity index (χ4v) is 4.25. The Bertz CT molecular complexity index is 226. The molecule has 0 spiro atoms. The summed E-state index contributed by atoms with van der Waals surface area (Å²) in [6.07, 6.45) is 0. The van der Waals surface area contributed by atoms with Crippen molar-refractivity contribution in [3.63, 3.8) is 0 Å². The van der Waals surface area contributed by atoms with Crippen molar-refractivity contribution in [3.8, 4) is 0 Å². The van der Waals surface area contributed by atoms with Crippen LogP contribution >= 0.6 is 42.5 Å². The first kappa shape index (κ1) is 14.0. The predicted octanol–water partition coefficient (Wildman–Crippen LogP) is 2.10. The third-order valence-corrected chi connectivity index (χ3v) is 4.84. The van der Waals surface area contributed by atoms with Gasteiger partial charge in [0.2, 0.25) is 0 Å². The predicted molar refractivity (Wildman–Crippen MR) is 64.2 cm³/mol. The van der Waals surface area contributed by atoms with E-state index in [0.29, 0.717) is 31.4 Å². The van der Waals surface area contributed by atoms with Crippen LogP contribution in [0.5, 0.6) is 0 Å². The Morgan fingerprint density at radius 1 is 1.40 bits per heavy atom. The van der Waals surface area contributed by atoms with Crippen molar-refractivity contribution in [3.05, 3.63) is 0 Å². The fraction of sp³-hybridized carbons (Fsp3) is 1.00. The molecule has 1 N–H and O–H groups in total. The van der Waals surface area contributed by atoms with Crippen LogP contribution in [-0.4, -0.2) is 48.0 Å². The van der Waals surface area contributed by atoms with Crippen LogP contribution in [0.4, 0.5) is 0 Å². The standard InChI is InChI=1S/C7H14Cl3N2O2P/c8-1-3-12(4-2-9)15(13)11-5-7(10)6-14-15/h7H,1-6H2,(H,11,13)/t7-,15+/m1/s1. The van der Waals surface area contributed by atoms with Crippen LogP contribution in [0.3, 0.4) is 0 Å². The number of rotatable bonds is 5. The molecule has 0 saturated carbocycles. The average molecular weight is 296 g/mol. The number of nitrogens with one attached hydrogen (secondary N) is 1. The van der Waals surface area contributed by atoms with Crippen molar-refractivity contribution in [1.29, 1.82) is 0 Å². The average Bonchev–Trinajstić information content (AvgIpc) is 2.23. The van der Waals surface area contributed by atoms with E-state index in [-0.39, 0.29) is 12.0 Å². The van der Waals surface area contributed by atoms with Gasteiger partial charge in [-0.2, -0.15) is 0 Å². The summed E-state index contributed by atoms with van der Waals surface area (Å²) in [6.45, 7) is 1.71. The molecule has 90 valence electrons. The Hall–Kier alpha value is 0.980. The number of halogens is 3. The molecule has 0 aromatic heterocycles. The summed E-state index contributed by atoms with van der Waals surface area (Å²) >= 11 is 17.1. The highest BCUT2D eigenvalue weighted by molar-refractivity contribution is 7.54. The molecule has 0 amide bonds. The molecule has 0 bridgehead atoms. The van der Waals surface area contributed by atoms with E-state index in [4.69, 9.17) is 39.3 Å². The molecule has 4 nitrogen and oxygen atoms in total. The monoisotopic (exact) mass is 294 g/mol. The Kier molecular flexibility index (Phi) is 6.23. The minimum absolute atomic E-state index is 0.138. The molecule has 2 atom stereocenters. The Balaban J connectivity index is 2.60. The molecule has 0 aromatic carbocycles. The van der Waals surface area contributed by atoms with E-state index < -0.39 is 7.67 Å². The van der Waals surface area contributed by atoms with Gasteiger partial charge in [-0.05, 0) is 0 Å². The van der Waals surface area contributed by atoms with Gasteiger partial charge in [-0.25, -0.2) is 9.76 Å². The molecule has 1 rings (SSSR count). The maximum absolute atomic E-state index is 12.3. The van der Waals surface area contributed by atoms with Gasteiger partial charge in [0.1, 0.15) is 0 Å². The van der Waals surface area contributed by atoms with Crippen molar-refractivity contribution in [2.24, 2.45) is 0 Å². The summed E-state index contributed by atoms with van der Waals surface area (Å²) in [6, 6.07) is 0. The fourth-order valence-electron chi connectivity index (χ4n) is 1.25. The molecule has 1 aliphatic heterocycles.